The lowest BCUT2D eigenvalue weighted by molar-refractivity contribution is 0.0564. The Morgan fingerprint density at radius 3 is 2.73 bits per heavy atom. The van der Waals surface area contributed by atoms with Crippen molar-refractivity contribution in [2.24, 2.45) is 0 Å². The van der Waals surface area contributed by atoms with Gasteiger partial charge in [0.25, 0.3) is 5.91 Å². The van der Waals surface area contributed by atoms with Crippen LogP contribution < -0.4 is 0 Å². The number of piperidine rings is 1. The van der Waals surface area contributed by atoms with Gasteiger partial charge in [0.15, 0.2) is 0 Å². The number of benzene rings is 1. The van der Waals surface area contributed by atoms with E-state index in [2.05, 4.69) is 36.0 Å². The first kappa shape index (κ1) is 20.7. The summed E-state index contributed by atoms with van der Waals surface area (Å²) in [5.74, 6) is 1.29. The van der Waals surface area contributed by atoms with Gasteiger partial charge in [0.2, 0.25) is 5.89 Å². The van der Waals surface area contributed by atoms with E-state index >= 15 is 0 Å². The standard InChI is InChI=1S/C23H27ClN4O2/c1-23(2,3)20-13-18(26-27-20)22(29)28-11-5-4-6-19(28)21-25-14-17(30-21)12-15-7-9-16(24)10-8-15/h7-10,13-14,19H,4-6,11-12H2,1-3H3,(H,26,27). The predicted molar refractivity (Wildman–Crippen MR) is 116 cm³/mol. The van der Waals surface area contributed by atoms with E-state index in [1.807, 2.05) is 35.2 Å². The van der Waals surface area contributed by atoms with Crippen LogP contribution in [0.1, 0.15) is 79.5 Å². The van der Waals surface area contributed by atoms with Crippen LogP contribution in [-0.4, -0.2) is 32.5 Å². The van der Waals surface area contributed by atoms with Crippen LogP contribution in [0.3, 0.4) is 0 Å². The molecule has 0 aliphatic carbocycles. The minimum atomic E-state index is -0.167. The molecule has 2 aromatic heterocycles. The summed E-state index contributed by atoms with van der Waals surface area (Å²) in [4.78, 5) is 19.6. The number of carbonyl (C=O) groups excluding carboxylic acids is 1. The van der Waals surface area contributed by atoms with Crippen LogP contribution in [0.2, 0.25) is 5.02 Å². The number of hydrogen-bond donors (Lipinski definition) is 1. The summed E-state index contributed by atoms with van der Waals surface area (Å²) in [5.41, 5.74) is 2.40. The Hall–Kier alpha value is -2.60. The predicted octanol–water partition coefficient (Wildman–Crippen LogP) is 5.31. The molecule has 30 heavy (non-hydrogen) atoms. The van der Waals surface area contributed by atoms with Crippen molar-refractivity contribution < 1.29 is 9.21 Å². The minimum absolute atomic E-state index is 0.0797. The van der Waals surface area contributed by atoms with E-state index < -0.39 is 0 Å². The van der Waals surface area contributed by atoms with E-state index in [-0.39, 0.29) is 17.4 Å². The molecule has 1 atom stereocenters. The second kappa shape index (κ2) is 8.26. The van der Waals surface area contributed by atoms with Crippen molar-refractivity contribution in [3.63, 3.8) is 0 Å². The Bertz CT molecular complexity index is 1020. The lowest BCUT2D eigenvalue weighted by Crippen LogP contribution is -2.38. The summed E-state index contributed by atoms with van der Waals surface area (Å²) < 4.78 is 6.07. The third kappa shape index (κ3) is 4.43. The number of aromatic nitrogens is 3. The first-order chi connectivity index (χ1) is 14.3. The highest BCUT2D eigenvalue weighted by atomic mass is 35.5. The molecule has 1 amide bonds. The van der Waals surface area contributed by atoms with Crippen LogP contribution >= 0.6 is 11.6 Å². The third-order valence-corrected chi connectivity index (χ3v) is 5.77. The zero-order valence-electron chi connectivity index (χ0n) is 17.6. The first-order valence-corrected chi connectivity index (χ1v) is 10.7. The quantitative estimate of drug-likeness (QED) is 0.613. The van der Waals surface area contributed by atoms with Gasteiger partial charge in [0.1, 0.15) is 17.5 Å². The topological polar surface area (TPSA) is 75.0 Å². The molecule has 1 unspecified atom stereocenters. The fourth-order valence-electron chi connectivity index (χ4n) is 3.76. The Labute approximate surface area is 181 Å². The number of nitrogens with zero attached hydrogens (tertiary/aromatic N) is 3. The molecule has 1 aliphatic heterocycles. The zero-order chi connectivity index (χ0) is 21.3. The highest BCUT2D eigenvalue weighted by Crippen LogP contribution is 2.32. The summed E-state index contributed by atoms with van der Waals surface area (Å²) in [6.45, 7) is 6.95. The molecule has 0 bridgehead atoms. The van der Waals surface area contributed by atoms with E-state index in [0.29, 0.717) is 29.6 Å². The van der Waals surface area contributed by atoms with Crippen molar-refractivity contribution >= 4 is 17.5 Å². The van der Waals surface area contributed by atoms with Gasteiger partial charge in [-0.2, -0.15) is 5.10 Å². The number of nitrogens with one attached hydrogen (secondary N) is 1. The number of H-pyrrole nitrogens is 1. The minimum Gasteiger partial charge on any atom is -0.443 e. The van der Waals surface area contributed by atoms with E-state index in [1.54, 1.807) is 6.20 Å². The molecule has 1 N–H and O–H groups in total. The molecule has 3 heterocycles. The normalized spacial score (nSPS) is 17.3. The maximum Gasteiger partial charge on any atom is 0.275 e. The number of likely N-dealkylation sites (tertiary alicyclic amines) is 1. The van der Waals surface area contributed by atoms with Crippen molar-refractivity contribution in [1.82, 2.24) is 20.1 Å². The number of rotatable bonds is 4. The molecule has 1 aliphatic rings. The molecule has 0 radical (unpaired) electrons. The fourth-order valence-corrected chi connectivity index (χ4v) is 3.88. The molecule has 4 rings (SSSR count). The number of halogens is 1. The Morgan fingerprint density at radius 1 is 1.27 bits per heavy atom. The van der Waals surface area contributed by atoms with Gasteiger partial charge in [-0.3, -0.25) is 9.89 Å². The first-order valence-electron chi connectivity index (χ1n) is 10.4. The molecule has 1 fully saturated rings. The number of carbonyl (C=O) groups is 1. The van der Waals surface area contributed by atoms with E-state index in [4.69, 9.17) is 16.0 Å². The van der Waals surface area contributed by atoms with Gasteiger partial charge in [-0.1, -0.05) is 44.5 Å². The Morgan fingerprint density at radius 2 is 2.03 bits per heavy atom. The SMILES string of the molecule is CC(C)(C)c1cc(C(=O)N2CCCCC2c2ncc(Cc3ccc(Cl)cc3)o2)n[nH]1. The highest BCUT2D eigenvalue weighted by molar-refractivity contribution is 6.30. The van der Waals surface area contributed by atoms with Gasteiger partial charge in [0, 0.05) is 29.1 Å². The highest BCUT2D eigenvalue weighted by Gasteiger charge is 2.33. The van der Waals surface area contributed by atoms with E-state index in [0.717, 1.165) is 36.3 Å². The van der Waals surface area contributed by atoms with Gasteiger partial charge in [-0.15, -0.1) is 0 Å². The maximum absolute atomic E-state index is 13.2. The average molecular weight is 427 g/mol. The molecular weight excluding hydrogens is 400 g/mol. The summed E-state index contributed by atoms with van der Waals surface area (Å²) >= 11 is 5.96. The molecular formula is C23H27ClN4O2. The number of oxazole rings is 1. The maximum atomic E-state index is 13.2. The largest absolute Gasteiger partial charge is 0.443 e. The van der Waals surface area contributed by atoms with Crippen LogP contribution in [0.5, 0.6) is 0 Å². The third-order valence-electron chi connectivity index (χ3n) is 5.52. The van der Waals surface area contributed by atoms with Crippen LogP contribution in [0.15, 0.2) is 40.9 Å². The lowest BCUT2D eigenvalue weighted by atomic mass is 9.92. The molecule has 3 aromatic rings. The van der Waals surface area contributed by atoms with Crippen molar-refractivity contribution in [2.75, 3.05) is 6.54 Å². The number of hydrogen-bond acceptors (Lipinski definition) is 4. The number of amides is 1. The second-order valence-electron chi connectivity index (χ2n) is 8.90. The van der Waals surface area contributed by atoms with Gasteiger partial charge in [-0.25, -0.2) is 4.98 Å². The Kier molecular flexibility index (Phi) is 5.69. The van der Waals surface area contributed by atoms with Crippen molar-refractivity contribution in [1.29, 1.82) is 0 Å². The molecule has 0 saturated carbocycles. The molecule has 7 heteroatoms. The molecule has 158 valence electrons. The lowest BCUT2D eigenvalue weighted by Gasteiger charge is -2.33. The molecule has 1 aromatic carbocycles. The second-order valence-corrected chi connectivity index (χ2v) is 9.33. The smallest absolute Gasteiger partial charge is 0.275 e. The summed E-state index contributed by atoms with van der Waals surface area (Å²) in [5, 5.41) is 8.00. The molecule has 6 nitrogen and oxygen atoms in total. The van der Waals surface area contributed by atoms with Gasteiger partial charge in [-0.05, 0) is 43.0 Å². The fraction of sp³-hybridized carbons (Fsp3) is 0.435. The van der Waals surface area contributed by atoms with Crippen molar-refractivity contribution in [3.05, 3.63) is 70.2 Å². The van der Waals surface area contributed by atoms with E-state index in [1.165, 1.54) is 0 Å². The monoisotopic (exact) mass is 426 g/mol. The number of aromatic amines is 1. The van der Waals surface area contributed by atoms with Crippen molar-refractivity contribution in [3.8, 4) is 0 Å². The van der Waals surface area contributed by atoms with Crippen molar-refractivity contribution in [2.45, 2.75) is 57.9 Å². The average Bonchev–Trinajstić information content (AvgIpc) is 3.39. The van der Waals surface area contributed by atoms with Crippen LogP contribution in [-0.2, 0) is 11.8 Å². The van der Waals surface area contributed by atoms with Gasteiger partial charge >= 0.3 is 0 Å². The molecule has 0 spiro atoms. The van der Waals surface area contributed by atoms with Crippen LogP contribution in [0.4, 0.5) is 0 Å². The van der Waals surface area contributed by atoms with Crippen LogP contribution in [0.25, 0.3) is 0 Å². The summed E-state index contributed by atoms with van der Waals surface area (Å²) in [6, 6.07) is 9.38. The summed E-state index contributed by atoms with van der Waals surface area (Å²) in [6.07, 6.45) is 5.24. The van der Waals surface area contributed by atoms with Gasteiger partial charge in [0.05, 0.1) is 6.20 Å². The van der Waals surface area contributed by atoms with E-state index in [9.17, 15) is 4.79 Å². The van der Waals surface area contributed by atoms with Gasteiger partial charge < -0.3 is 9.32 Å². The van der Waals surface area contributed by atoms with Crippen LogP contribution in [0, 0.1) is 0 Å². The summed E-state index contributed by atoms with van der Waals surface area (Å²) in [7, 11) is 0. The molecule has 1 saturated heterocycles. The Balaban J connectivity index is 1.52. The zero-order valence-corrected chi connectivity index (χ0v) is 18.4.